The highest BCUT2D eigenvalue weighted by atomic mass is 16.4. The minimum Gasteiger partial charge on any atom is -0.408 e. The molecule has 0 atom stereocenters. The smallest absolute Gasteiger partial charge is 0.408 e. The van der Waals surface area contributed by atoms with Crippen molar-refractivity contribution in [3.05, 3.63) is 99.4 Å². The highest BCUT2D eigenvalue weighted by Crippen LogP contribution is 2.15. The number of amides is 3. The summed E-state index contributed by atoms with van der Waals surface area (Å²) in [5, 5.41) is 9.70. The number of aryl methyl sites for hydroxylation is 1. The molecule has 0 radical (unpaired) electrons. The average Bonchev–Trinajstić information content (AvgIpc) is 3.49. The molecule has 4 N–H and O–H groups in total. The van der Waals surface area contributed by atoms with E-state index in [2.05, 4.69) is 20.7 Å². The summed E-state index contributed by atoms with van der Waals surface area (Å²) in [6.07, 6.45) is 1.48. The van der Waals surface area contributed by atoms with Crippen molar-refractivity contribution in [3.8, 4) is 0 Å². The van der Waals surface area contributed by atoms with Crippen LogP contribution in [0.15, 0.2) is 70.0 Å². The van der Waals surface area contributed by atoms with Gasteiger partial charge in [0, 0.05) is 37.8 Å². The predicted molar refractivity (Wildman–Crippen MR) is 132 cm³/mol. The molecule has 0 aliphatic rings. The third-order valence-corrected chi connectivity index (χ3v) is 5.83. The van der Waals surface area contributed by atoms with E-state index >= 15 is 0 Å². The van der Waals surface area contributed by atoms with Gasteiger partial charge in [0.2, 0.25) is 5.91 Å². The van der Waals surface area contributed by atoms with Crippen LogP contribution in [0.2, 0.25) is 0 Å². The molecule has 186 valence electrons. The number of carbonyl (C=O) groups excluding carboxylic acids is 3. The van der Waals surface area contributed by atoms with Gasteiger partial charge in [-0.3, -0.25) is 19.0 Å². The summed E-state index contributed by atoms with van der Waals surface area (Å²) in [5.74, 6) is -1.95. The van der Waals surface area contributed by atoms with E-state index in [4.69, 9.17) is 10.2 Å². The van der Waals surface area contributed by atoms with E-state index in [9.17, 15) is 19.2 Å². The summed E-state index contributed by atoms with van der Waals surface area (Å²) in [6.45, 7) is 0.354. The van der Waals surface area contributed by atoms with Crippen molar-refractivity contribution in [2.24, 2.45) is 12.8 Å². The van der Waals surface area contributed by atoms with Crippen LogP contribution in [0, 0.1) is 0 Å². The molecule has 5 rings (SSSR count). The molecular formula is C25H21N7O5. The molecule has 37 heavy (non-hydrogen) atoms. The van der Waals surface area contributed by atoms with Crippen LogP contribution in [0.5, 0.6) is 0 Å². The highest BCUT2D eigenvalue weighted by molar-refractivity contribution is 5.98. The number of carbonyl (C=O) groups is 3. The molecule has 0 spiro atoms. The second-order valence-electron chi connectivity index (χ2n) is 8.28. The molecule has 3 aromatic heterocycles. The van der Waals surface area contributed by atoms with Crippen LogP contribution in [0.1, 0.15) is 42.5 Å². The number of benzene rings is 2. The summed E-state index contributed by atoms with van der Waals surface area (Å²) < 4.78 is 7.85. The Morgan fingerprint density at radius 2 is 1.65 bits per heavy atom. The van der Waals surface area contributed by atoms with E-state index in [-0.39, 0.29) is 24.5 Å². The lowest BCUT2D eigenvalue weighted by molar-refractivity contribution is 0.0940. The van der Waals surface area contributed by atoms with Crippen molar-refractivity contribution in [2.75, 3.05) is 0 Å². The van der Waals surface area contributed by atoms with Crippen molar-refractivity contribution in [2.45, 2.75) is 13.1 Å². The Labute approximate surface area is 208 Å². The number of oxazole rings is 1. The topological polar surface area (TPSA) is 167 Å². The number of nitrogens with one attached hydrogen (secondary N) is 2. The molecule has 0 aliphatic heterocycles. The van der Waals surface area contributed by atoms with Gasteiger partial charge in [0.05, 0.1) is 11.7 Å². The maximum atomic E-state index is 13.0. The molecule has 0 aliphatic carbocycles. The molecule has 5 aromatic rings. The predicted octanol–water partition coefficient (Wildman–Crippen LogP) is 1.13. The molecule has 0 bridgehead atoms. The third-order valence-electron chi connectivity index (χ3n) is 5.83. The van der Waals surface area contributed by atoms with E-state index in [0.717, 1.165) is 11.1 Å². The summed E-state index contributed by atoms with van der Waals surface area (Å²) in [4.78, 5) is 53.1. The number of hydrogen-bond donors (Lipinski definition) is 3. The van der Waals surface area contributed by atoms with E-state index in [1.807, 2.05) is 0 Å². The van der Waals surface area contributed by atoms with Gasteiger partial charge in [-0.25, -0.2) is 14.3 Å². The number of hydrogen-bond acceptors (Lipinski definition) is 7. The van der Waals surface area contributed by atoms with Gasteiger partial charge in [-0.1, -0.05) is 18.2 Å². The lowest BCUT2D eigenvalue weighted by Gasteiger charge is -2.10. The minimum atomic E-state index is -0.535. The van der Waals surface area contributed by atoms with Gasteiger partial charge in [0.15, 0.2) is 11.2 Å². The van der Waals surface area contributed by atoms with Crippen molar-refractivity contribution < 1.29 is 18.8 Å². The second-order valence-corrected chi connectivity index (χ2v) is 8.28. The lowest BCUT2D eigenvalue weighted by Crippen LogP contribution is -2.28. The molecule has 2 aromatic carbocycles. The summed E-state index contributed by atoms with van der Waals surface area (Å²) in [7, 11) is 1.60. The monoisotopic (exact) mass is 499 g/mol. The zero-order valence-corrected chi connectivity index (χ0v) is 19.6. The van der Waals surface area contributed by atoms with E-state index in [0.29, 0.717) is 22.3 Å². The minimum absolute atomic E-state index is 0.0424. The van der Waals surface area contributed by atoms with Crippen LogP contribution < -0.4 is 22.1 Å². The molecule has 0 unspecified atom stereocenters. The molecule has 12 heteroatoms. The van der Waals surface area contributed by atoms with Crippen LogP contribution in [0.25, 0.3) is 16.7 Å². The quantitative estimate of drug-likeness (QED) is 0.302. The van der Waals surface area contributed by atoms with Crippen molar-refractivity contribution >= 4 is 34.5 Å². The average molecular weight is 499 g/mol. The Bertz CT molecular complexity index is 1730. The van der Waals surface area contributed by atoms with Gasteiger partial charge in [0.25, 0.3) is 11.8 Å². The van der Waals surface area contributed by atoms with Crippen LogP contribution in [0.4, 0.5) is 0 Å². The van der Waals surface area contributed by atoms with Gasteiger partial charge in [0.1, 0.15) is 11.4 Å². The fraction of sp³-hybridized carbons (Fsp3) is 0.120. The third kappa shape index (κ3) is 4.67. The normalized spacial score (nSPS) is 11.1. The molecule has 0 saturated heterocycles. The van der Waals surface area contributed by atoms with E-state index in [1.165, 1.54) is 21.3 Å². The fourth-order valence-electron chi connectivity index (χ4n) is 3.81. The Kier molecular flexibility index (Phi) is 5.97. The van der Waals surface area contributed by atoms with Crippen LogP contribution in [-0.2, 0) is 20.1 Å². The SMILES string of the molecule is Cn1c(=O)oc2ccc(CNC(=O)c3cc(C(=O)NCc4ccc(C(N)=O)cc4)n4nccc4n3)cc21. The van der Waals surface area contributed by atoms with E-state index < -0.39 is 23.5 Å². The molecule has 0 fully saturated rings. The maximum Gasteiger partial charge on any atom is 0.419 e. The second kappa shape index (κ2) is 9.41. The van der Waals surface area contributed by atoms with Crippen LogP contribution >= 0.6 is 0 Å². The first kappa shape index (κ1) is 23.5. The van der Waals surface area contributed by atoms with Crippen molar-refractivity contribution in [1.82, 2.24) is 29.8 Å². The number of fused-ring (bicyclic) bond motifs is 2. The number of aromatic nitrogens is 4. The van der Waals surface area contributed by atoms with Gasteiger partial charge in [-0.15, -0.1) is 0 Å². The number of nitrogens with zero attached hydrogens (tertiary/aromatic N) is 4. The van der Waals surface area contributed by atoms with Crippen LogP contribution in [0.3, 0.4) is 0 Å². The zero-order valence-electron chi connectivity index (χ0n) is 19.6. The Hall–Kier alpha value is -5.26. The molecule has 3 amide bonds. The summed E-state index contributed by atoms with van der Waals surface area (Å²) >= 11 is 0. The Balaban J connectivity index is 1.32. The Morgan fingerprint density at radius 3 is 2.41 bits per heavy atom. The van der Waals surface area contributed by atoms with Gasteiger partial charge < -0.3 is 20.8 Å². The zero-order chi connectivity index (χ0) is 26.1. The largest absolute Gasteiger partial charge is 0.419 e. The molecule has 12 nitrogen and oxygen atoms in total. The first-order valence-corrected chi connectivity index (χ1v) is 11.2. The number of rotatable bonds is 7. The van der Waals surface area contributed by atoms with Gasteiger partial charge >= 0.3 is 5.76 Å². The molecule has 3 heterocycles. The lowest BCUT2D eigenvalue weighted by atomic mass is 10.1. The maximum absolute atomic E-state index is 13.0. The van der Waals surface area contributed by atoms with E-state index in [1.54, 1.807) is 55.6 Å². The Morgan fingerprint density at radius 1 is 0.946 bits per heavy atom. The van der Waals surface area contributed by atoms with Gasteiger partial charge in [-0.05, 0) is 35.4 Å². The standard InChI is InChI=1S/C25H21N7O5/c1-31-18-10-15(4-7-20(18)37-25(31)36)13-27-23(34)17-11-19(32-21(30-17)8-9-29-32)24(35)28-12-14-2-5-16(6-3-14)22(26)33/h2-11H,12-13H2,1H3,(H2,26,33)(H,27,34)(H,28,35). The molecular weight excluding hydrogens is 478 g/mol. The summed E-state index contributed by atoms with van der Waals surface area (Å²) in [5.41, 5.74) is 8.70. The fourth-order valence-corrected chi connectivity index (χ4v) is 3.81. The summed E-state index contributed by atoms with van der Waals surface area (Å²) in [6, 6.07) is 14.6. The first-order chi connectivity index (χ1) is 17.8. The molecule has 0 saturated carbocycles. The van der Waals surface area contributed by atoms with Crippen molar-refractivity contribution in [1.29, 1.82) is 0 Å². The number of primary amides is 1. The number of nitrogens with two attached hydrogens (primary N) is 1. The van der Waals surface area contributed by atoms with Crippen LogP contribution in [-0.4, -0.2) is 36.9 Å². The van der Waals surface area contributed by atoms with Gasteiger partial charge in [-0.2, -0.15) is 5.10 Å². The first-order valence-electron chi connectivity index (χ1n) is 11.2. The highest BCUT2D eigenvalue weighted by Gasteiger charge is 2.18. The van der Waals surface area contributed by atoms with Crippen molar-refractivity contribution in [3.63, 3.8) is 0 Å².